The highest BCUT2D eigenvalue weighted by molar-refractivity contribution is 5.08. The molecule has 2 heteroatoms. The number of hydrogen-bond acceptors (Lipinski definition) is 2. The maximum Gasteiger partial charge on any atom is 0.0547 e. The van der Waals surface area contributed by atoms with Crippen molar-refractivity contribution < 1.29 is 5.11 Å². The first kappa shape index (κ1) is 6.62. The van der Waals surface area contributed by atoms with Crippen LogP contribution in [-0.2, 0) is 0 Å². The molecule has 4 atom stereocenters. The van der Waals surface area contributed by atoms with Crippen molar-refractivity contribution in [3.8, 4) is 0 Å². The van der Waals surface area contributed by atoms with E-state index in [4.69, 9.17) is 5.73 Å². The molecule has 0 heterocycles. The maximum absolute atomic E-state index is 9.29. The van der Waals surface area contributed by atoms with Crippen molar-refractivity contribution in [1.29, 1.82) is 0 Å². The fraction of sp³-hybridized carbons (Fsp3) is 1.00. The lowest BCUT2D eigenvalue weighted by atomic mass is 9.52. The Bertz CT molecular complexity index is 141. The minimum Gasteiger partial charge on any atom is -0.393 e. The molecule has 0 aromatic carbocycles. The first-order chi connectivity index (χ1) is 4.60. The summed E-state index contributed by atoms with van der Waals surface area (Å²) in [5.41, 5.74) is 6.08. The zero-order valence-corrected chi connectivity index (χ0v) is 6.38. The van der Waals surface area contributed by atoms with Crippen molar-refractivity contribution in [2.24, 2.45) is 17.6 Å². The summed E-state index contributed by atoms with van der Waals surface area (Å²) in [7, 11) is 0. The normalized spacial score (nSPS) is 59.7. The molecule has 3 fully saturated rings. The fourth-order valence-electron chi connectivity index (χ4n) is 2.48. The topological polar surface area (TPSA) is 46.2 Å². The molecule has 2 nitrogen and oxygen atoms in total. The number of nitrogens with two attached hydrogens (primary N) is 1. The molecule has 0 radical (unpaired) electrons. The van der Waals surface area contributed by atoms with Crippen LogP contribution in [-0.4, -0.2) is 16.7 Å². The van der Waals surface area contributed by atoms with Gasteiger partial charge in [0.15, 0.2) is 0 Å². The molecule has 0 aromatic rings. The van der Waals surface area contributed by atoms with E-state index in [9.17, 15) is 5.11 Å². The average molecular weight is 141 g/mol. The molecule has 0 spiro atoms. The Balaban J connectivity index is 2.10. The van der Waals surface area contributed by atoms with Crippen LogP contribution >= 0.6 is 0 Å². The van der Waals surface area contributed by atoms with Crippen molar-refractivity contribution in [1.82, 2.24) is 0 Å². The SMILES string of the molecule is CC1(N)[C@@H]2C[C@@H](O)C[C@H]1C2. The largest absolute Gasteiger partial charge is 0.393 e. The van der Waals surface area contributed by atoms with E-state index < -0.39 is 0 Å². The van der Waals surface area contributed by atoms with E-state index in [1.807, 2.05) is 0 Å². The van der Waals surface area contributed by atoms with E-state index in [0.29, 0.717) is 11.8 Å². The van der Waals surface area contributed by atoms with Crippen LogP contribution in [0.2, 0.25) is 0 Å². The molecule has 0 aromatic heterocycles. The molecular formula is C8H15NO. The number of fused-ring (bicyclic) bond motifs is 2. The van der Waals surface area contributed by atoms with Crippen LogP contribution in [0.25, 0.3) is 0 Å². The molecule has 2 bridgehead atoms. The summed E-state index contributed by atoms with van der Waals surface area (Å²) < 4.78 is 0. The zero-order valence-electron chi connectivity index (χ0n) is 6.38. The van der Waals surface area contributed by atoms with Crippen LogP contribution in [0.1, 0.15) is 26.2 Å². The summed E-state index contributed by atoms with van der Waals surface area (Å²) >= 11 is 0. The standard InChI is InChI=1S/C8H15NO/c1-8(9)5-2-6(8)4-7(10)3-5/h5-7,10H,2-4,9H2,1H3/t5-,6+,7+,8?. The minimum atomic E-state index is -0.0552. The van der Waals surface area contributed by atoms with Gasteiger partial charge in [-0.1, -0.05) is 0 Å². The molecule has 58 valence electrons. The second kappa shape index (κ2) is 1.74. The van der Waals surface area contributed by atoms with Crippen molar-refractivity contribution >= 4 is 0 Å². The summed E-state index contributed by atoms with van der Waals surface area (Å²) in [5, 5.41) is 9.29. The van der Waals surface area contributed by atoms with Crippen LogP contribution in [0.3, 0.4) is 0 Å². The highest BCUT2D eigenvalue weighted by atomic mass is 16.3. The molecule has 0 saturated heterocycles. The van der Waals surface area contributed by atoms with E-state index >= 15 is 0 Å². The summed E-state index contributed by atoms with van der Waals surface area (Å²) in [6.45, 7) is 2.12. The number of rotatable bonds is 0. The van der Waals surface area contributed by atoms with Gasteiger partial charge >= 0.3 is 0 Å². The van der Waals surface area contributed by atoms with Gasteiger partial charge < -0.3 is 10.8 Å². The van der Waals surface area contributed by atoms with Gasteiger partial charge in [0.2, 0.25) is 0 Å². The minimum absolute atomic E-state index is 0.0548. The lowest BCUT2D eigenvalue weighted by Crippen LogP contribution is -2.64. The Hall–Kier alpha value is -0.0800. The van der Waals surface area contributed by atoms with Crippen LogP contribution in [0, 0.1) is 11.8 Å². The molecule has 3 N–H and O–H groups in total. The lowest BCUT2D eigenvalue weighted by Gasteiger charge is -2.57. The fourth-order valence-corrected chi connectivity index (χ4v) is 2.48. The van der Waals surface area contributed by atoms with E-state index in [-0.39, 0.29) is 11.6 Å². The van der Waals surface area contributed by atoms with Gasteiger partial charge in [-0.3, -0.25) is 0 Å². The lowest BCUT2D eigenvalue weighted by molar-refractivity contribution is -0.0701. The summed E-state index contributed by atoms with van der Waals surface area (Å²) in [6.07, 6.45) is 3.07. The summed E-state index contributed by atoms with van der Waals surface area (Å²) in [6, 6.07) is 0. The molecule has 3 saturated carbocycles. The van der Waals surface area contributed by atoms with Crippen molar-refractivity contribution in [2.45, 2.75) is 37.8 Å². The molecule has 1 unspecified atom stereocenters. The first-order valence-electron chi connectivity index (χ1n) is 4.07. The van der Waals surface area contributed by atoms with Crippen molar-refractivity contribution in [3.63, 3.8) is 0 Å². The number of hydrogen-bond donors (Lipinski definition) is 2. The maximum atomic E-state index is 9.29. The summed E-state index contributed by atoms with van der Waals surface area (Å²) in [5.74, 6) is 1.20. The Labute approximate surface area is 61.4 Å². The highest BCUT2D eigenvalue weighted by Gasteiger charge is 2.53. The molecular weight excluding hydrogens is 126 g/mol. The van der Waals surface area contributed by atoms with E-state index in [1.165, 1.54) is 6.42 Å². The van der Waals surface area contributed by atoms with Crippen LogP contribution in [0.5, 0.6) is 0 Å². The molecule has 0 amide bonds. The van der Waals surface area contributed by atoms with Gasteiger partial charge in [0.1, 0.15) is 0 Å². The van der Waals surface area contributed by atoms with Crippen LogP contribution in [0.15, 0.2) is 0 Å². The van der Waals surface area contributed by atoms with Gasteiger partial charge in [0.25, 0.3) is 0 Å². The van der Waals surface area contributed by atoms with E-state index in [1.54, 1.807) is 0 Å². The highest BCUT2D eigenvalue weighted by Crippen LogP contribution is 2.51. The monoisotopic (exact) mass is 141 g/mol. The molecule has 3 aliphatic rings. The number of aliphatic hydroxyl groups is 1. The van der Waals surface area contributed by atoms with Crippen molar-refractivity contribution in [2.75, 3.05) is 0 Å². The Morgan fingerprint density at radius 2 is 1.80 bits per heavy atom. The second-order valence-corrected chi connectivity index (χ2v) is 4.12. The average Bonchev–Trinajstić information content (AvgIpc) is 1.87. The van der Waals surface area contributed by atoms with Crippen molar-refractivity contribution in [3.05, 3.63) is 0 Å². The molecule has 3 aliphatic carbocycles. The predicted octanol–water partition coefficient (Wildman–Crippen LogP) is 0.495. The van der Waals surface area contributed by atoms with Gasteiger partial charge in [0.05, 0.1) is 6.10 Å². The van der Waals surface area contributed by atoms with Gasteiger partial charge in [0, 0.05) is 5.54 Å². The molecule has 0 aliphatic heterocycles. The molecule has 10 heavy (non-hydrogen) atoms. The third kappa shape index (κ3) is 0.663. The Morgan fingerprint density at radius 3 is 2.10 bits per heavy atom. The smallest absolute Gasteiger partial charge is 0.0547 e. The Kier molecular flexibility index (Phi) is 1.15. The predicted molar refractivity (Wildman–Crippen MR) is 39.4 cm³/mol. The Morgan fingerprint density at radius 1 is 1.30 bits per heavy atom. The van der Waals surface area contributed by atoms with Gasteiger partial charge in [-0.05, 0) is 38.0 Å². The second-order valence-electron chi connectivity index (χ2n) is 4.12. The zero-order chi connectivity index (χ0) is 7.35. The molecule has 3 rings (SSSR count). The van der Waals surface area contributed by atoms with Gasteiger partial charge in [-0.2, -0.15) is 0 Å². The van der Waals surface area contributed by atoms with Gasteiger partial charge in [-0.15, -0.1) is 0 Å². The van der Waals surface area contributed by atoms with E-state index in [2.05, 4.69) is 6.92 Å². The van der Waals surface area contributed by atoms with Crippen LogP contribution in [0.4, 0.5) is 0 Å². The third-order valence-corrected chi connectivity index (χ3v) is 3.44. The third-order valence-electron chi connectivity index (χ3n) is 3.44. The quantitative estimate of drug-likeness (QED) is 0.516. The summed E-state index contributed by atoms with van der Waals surface area (Å²) in [4.78, 5) is 0. The van der Waals surface area contributed by atoms with Gasteiger partial charge in [-0.25, -0.2) is 0 Å². The van der Waals surface area contributed by atoms with Crippen LogP contribution < -0.4 is 5.73 Å². The van der Waals surface area contributed by atoms with E-state index in [0.717, 1.165) is 12.8 Å². The number of aliphatic hydroxyl groups excluding tert-OH is 1. The first-order valence-corrected chi connectivity index (χ1v) is 4.07.